The number of benzene rings is 1. The first kappa shape index (κ1) is 15.7. The first-order chi connectivity index (χ1) is 11.2. The fraction of sp³-hybridized carbons (Fsp3) is 0.333. The smallest absolute Gasteiger partial charge is 0.251 e. The summed E-state index contributed by atoms with van der Waals surface area (Å²) in [6.45, 7) is 0. The van der Waals surface area contributed by atoms with Crippen LogP contribution in [-0.2, 0) is 11.2 Å². The highest BCUT2D eigenvalue weighted by Crippen LogP contribution is 2.20. The minimum Gasteiger partial charge on any atom is -0.349 e. The summed E-state index contributed by atoms with van der Waals surface area (Å²) in [5, 5.41) is 7.87. The molecule has 0 unspecified atom stereocenters. The Balaban J connectivity index is 1.43. The average Bonchev–Trinajstić information content (AvgIpc) is 3.20. The maximum absolute atomic E-state index is 11.9. The topological polar surface area (TPSA) is 58.2 Å². The van der Waals surface area contributed by atoms with Crippen molar-refractivity contribution in [2.24, 2.45) is 0 Å². The Morgan fingerprint density at radius 1 is 1.13 bits per heavy atom. The number of hydrogen-bond acceptors (Lipinski definition) is 3. The monoisotopic (exact) mass is 328 g/mol. The maximum atomic E-state index is 11.9. The second-order valence-electron chi connectivity index (χ2n) is 5.81. The number of nitrogens with one attached hydrogen (secondary N) is 2. The molecule has 1 aliphatic rings. The van der Waals surface area contributed by atoms with Gasteiger partial charge in [-0.05, 0) is 61.4 Å². The fourth-order valence-electron chi connectivity index (χ4n) is 2.30. The molecular weight excluding hydrogens is 308 g/mol. The summed E-state index contributed by atoms with van der Waals surface area (Å²) in [5.41, 5.74) is 1.36. The van der Waals surface area contributed by atoms with Crippen LogP contribution >= 0.6 is 11.3 Å². The molecule has 2 amide bonds. The van der Waals surface area contributed by atoms with Crippen molar-refractivity contribution >= 4 is 28.8 Å². The summed E-state index contributed by atoms with van der Waals surface area (Å²) < 4.78 is 0. The van der Waals surface area contributed by atoms with Crippen molar-refractivity contribution in [3.63, 3.8) is 0 Å². The number of carbonyl (C=O) groups excluding carboxylic acids is 2. The summed E-state index contributed by atoms with van der Waals surface area (Å²) in [4.78, 5) is 25.1. The van der Waals surface area contributed by atoms with Gasteiger partial charge in [-0.2, -0.15) is 0 Å². The average molecular weight is 328 g/mol. The zero-order valence-electron chi connectivity index (χ0n) is 12.9. The van der Waals surface area contributed by atoms with Crippen LogP contribution in [0.3, 0.4) is 0 Å². The molecule has 1 fully saturated rings. The minimum absolute atomic E-state index is 0.0109. The maximum Gasteiger partial charge on any atom is 0.251 e. The Labute approximate surface area is 139 Å². The third-order valence-corrected chi connectivity index (χ3v) is 4.69. The largest absolute Gasteiger partial charge is 0.349 e. The molecule has 1 aliphatic carbocycles. The third kappa shape index (κ3) is 4.93. The molecule has 2 N–H and O–H groups in total. The molecule has 23 heavy (non-hydrogen) atoms. The van der Waals surface area contributed by atoms with Crippen molar-refractivity contribution in [2.75, 3.05) is 5.32 Å². The quantitative estimate of drug-likeness (QED) is 0.816. The predicted molar refractivity (Wildman–Crippen MR) is 92.8 cm³/mol. The van der Waals surface area contributed by atoms with E-state index in [9.17, 15) is 9.59 Å². The Bertz CT molecular complexity index is 661. The molecular formula is C18H20N2O2S. The van der Waals surface area contributed by atoms with E-state index >= 15 is 0 Å². The van der Waals surface area contributed by atoms with Gasteiger partial charge in [0.25, 0.3) is 5.91 Å². The van der Waals surface area contributed by atoms with E-state index in [4.69, 9.17) is 0 Å². The molecule has 1 saturated carbocycles. The van der Waals surface area contributed by atoms with Crippen molar-refractivity contribution in [1.29, 1.82) is 0 Å². The van der Waals surface area contributed by atoms with E-state index in [1.165, 1.54) is 4.88 Å². The third-order valence-electron chi connectivity index (χ3n) is 3.75. The Hall–Kier alpha value is -2.14. The second kappa shape index (κ2) is 7.42. The van der Waals surface area contributed by atoms with E-state index in [1.807, 2.05) is 6.07 Å². The van der Waals surface area contributed by atoms with Gasteiger partial charge in [0.05, 0.1) is 0 Å². The normalized spacial score (nSPS) is 13.6. The molecule has 1 aromatic heterocycles. The molecule has 5 heteroatoms. The van der Waals surface area contributed by atoms with Gasteiger partial charge >= 0.3 is 0 Å². The molecule has 4 nitrogen and oxygen atoms in total. The van der Waals surface area contributed by atoms with Crippen LogP contribution in [0, 0.1) is 0 Å². The van der Waals surface area contributed by atoms with E-state index in [0.717, 1.165) is 31.4 Å². The molecule has 0 bridgehead atoms. The summed E-state index contributed by atoms with van der Waals surface area (Å²) in [5.74, 6) is -0.0296. The van der Waals surface area contributed by atoms with E-state index < -0.39 is 0 Å². The van der Waals surface area contributed by atoms with Gasteiger partial charge in [-0.1, -0.05) is 6.07 Å². The lowest BCUT2D eigenvalue weighted by molar-refractivity contribution is -0.116. The van der Waals surface area contributed by atoms with Crippen LogP contribution in [-0.4, -0.2) is 17.9 Å². The van der Waals surface area contributed by atoms with E-state index in [0.29, 0.717) is 18.0 Å². The second-order valence-corrected chi connectivity index (χ2v) is 6.84. The van der Waals surface area contributed by atoms with Crippen LogP contribution in [0.25, 0.3) is 0 Å². The molecule has 0 atom stereocenters. The van der Waals surface area contributed by atoms with Gasteiger partial charge in [0, 0.05) is 28.6 Å². The lowest BCUT2D eigenvalue weighted by Crippen LogP contribution is -2.25. The number of carbonyl (C=O) groups is 2. The molecule has 1 heterocycles. The molecule has 120 valence electrons. The van der Waals surface area contributed by atoms with Crippen molar-refractivity contribution in [2.45, 2.75) is 38.1 Å². The molecule has 0 saturated heterocycles. The minimum atomic E-state index is -0.0404. The predicted octanol–water partition coefficient (Wildman–Crippen LogP) is 3.60. The van der Waals surface area contributed by atoms with Crippen LogP contribution in [0.15, 0.2) is 41.8 Å². The van der Waals surface area contributed by atoms with E-state index in [2.05, 4.69) is 22.1 Å². The van der Waals surface area contributed by atoms with Crippen LogP contribution in [0.4, 0.5) is 5.69 Å². The zero-order valence-corrected chi connectivity index (χ0v) is 13.7. The molecule has 1 aromatic carbocycles. The number of thiophene rings is 1. The van der Waals surface area contributed by atoms with Crippen molar-refractivity contribution in [3.8, 4) is 0 Å². The van der Waals surface area contributed by atoms with Crippen molar-refractivity contribution in [3.05, 3.63) is 52.2 Å². The number of amides is 2. The standard InChI is InChI=1S/C18H20N2O2S/c21-17(5-1-3-16-4-2-12-23-16)19-14-8-6-13(7-9-14)18(22)20-15-10-11-15/h2,4,6-9,12,15H,1,3,5,10-11H2,(H,19,21)(H,20,22). The van der Waals surface area contributed by atoms with E-state index in [1.54, 1.807) is 35.6 Å². The highest BCUT2D eigenvalue weighted by Gasteiger charge is 2.23. The van der Waals surface area contributed by atoms with Gasteiger partial charge in [-0.25, -0.2) is 0 Å². The summed E-state index contributed by atoms with van der Waals surface area (Å²) in [7, 11) is 0. The molecule has 3 rings (SSSR count). The molecule has 0 radical (unpaired) electrons. The van der Waals surface area contributed by atoms with Crippen LogP contribution < -0.4 is 10.6 Å². The van der Waals surface area contributed by atoms with Crippen LogP contribution in [0.5, 0.6) is 0 Å². The molecule has 2 aromatic rings. The summed E-state index contributed by atoms with van der Waals surface area (Å²) in [6, 6.07) is 11.5. The van der Waals surface area contributed by atoms with Gasteiger partial charge in [-0.15, -0.1) is 11.3 Å². The van der Waals surface area contributed by atoms with Crippen molar-refractivity contribution < 1.29 is 9.59 Å². The Morgan fingerprint density at radius 3 is 2.57 bits per heavy atom. The molecule has 0 aliphatic heterocycles. The summed E-state index contributed by atoms with van der Waals surface area (Å²) >= 11 is 1.72. The van der Waals surface area contributed by atoms with Gasteiger partial charge in [-0.3, -0.25) is 9.59 Å². The lowest BCUT2D eigenvalue weighted by Gasteiger charge is -2.07. The first-order valence-corrected chi connectivity index (χ1v) is 8.82. The SMILES string of the molecule is O=C(CCCc1cccs1)Nc1ccc(C(=O)NC2CC2)cc1. The number of anilines is 1. The van der Waals surface area contributed by atoms with E-state index in [-0.39, 0.29) is 11.8 Å². The fourth-order valence-corrected chi connectivity index (χ4v) is 3.05. The van der Waals surface area contributed by atoms with Crippen molar-refractivity contribution in [1.82, 2.24) is 5.32 Å². The number of rotatable bonds is 7. The number of hydrogen-bond donors (Lipinski definition) is 2. The lowest BCUT2D eigenvalue weighted by atomic mass is 10.1. The zero-order chi connectivity index (χ0) is 16.1. The van der Waals surface area contributed by atoms with Gasteiger partial charge < -0.3 is 10.6 Å². The highest BCUT2D eigenvalue weighted by atomic mass is 32.1. The van der Waals surface area contributed by atoms with Gasteiger partial charge in [0.15, 0.2) is 0 Å². The highest BCUT2D eigenvalue weighted by molar-refractivity contribution is 7.09. The molecule has 0 spiro atoms. The summed E-state index contributed by atoms with van der Waals surface area (Å²) in [6.07, 6.45) is 4.43. The Morgan fingerprint density at radius 2 is 1.91 bits per heavy atom. The van der Waals surface area contributed by atoms with Crippen LogP contribution in [0.2, 0.25) is 0 Å². The first-order valence-electron chi connectivity index (χ1n) is 7.94. The van der Waals surface area contributed by atoms with Crippen LogP contribution in [0.1, 0.15) is 40.9 Å². The number of aryl methyl sites for hydroxylation is 1. The van der Waals surface area contributed by atoms with Gasteiger partial charge in [0.2, 0.25) is 5.91 Å². The Kier molecular flexibility index (Phi) is 5.08. The van der Waals surface area contributed by atoms with Gasteiger partial charge in [0.1, 0.15) is 0 Å².